The van der Waals surface area contributed by atoms with E-state index >= 15 is 0 Å². The fourth-order valence-corrected chi connectivity index (χ4v) is 4.46. The summed E-state index contributed by atoms with van der Waals surface area (Å²) in [4.78, 5) is 29.4. The second-order valence-electron chi connectivity index (χ2n) is 9.43. The molecule has 0 bridgehead atoms. The van der Waals surface area contributed by atoms with Gasteiger partial charge in [-0.05, 0) is 78.4 Å². The van der Waals surface area contributed by atoms with Crippen LogP contribution in [0.2, 0.25) is 0 Å². The van der Waals surface area contributed by atoms with Crippen molar-refractivity contribution in [2.45, 2.75) is 46.2 Å². The van der Waals surface area contributed by atoms with Gasteiger partial charge in [-0.1, -0.05) is 31.2 Å². The summed E-state index contributed by atoms with van der Waals surface area (Å²) in [6.45, 7) is 6.14. The average Bonchev–Trinajstić information content (AvgIpc) is 3.40. The van der Waals surface area contributed by atoms with Crippen LogP contribution >= 0.6 is 0 Å². The number of aromatic nitrogens is 1. The lowest BCUT2D eigenvalue weighted by Crippen LogP contribution is -2.42. The lowest BCUT2D eigenvalue weighted by Gasteiger charge is -2.18. The molecular formula is C31H30N4O4. The van der Waals surface area contributed by atoms with Crippen LogP contribution < -0.4 is 10.6 Å². The molecular weight excluding hydrogens is 492 g/mol. The molecule has 4 aromatic rings. The molecule has 2 aromatic carbocycles. The molecule has 1 amide bonds. The first-order valence-corrected chi connectivity index (χ1v) is 12.7. The number of benzene rings is 2. The lowest BCUT2D eigenvalue weighted by molar-refractivity contribution is -0.139. The highest BCUT2D eigenvalue weighted by molar-refractivity contribution is 5.99. The Morgan fingerprint density at radius 2 is 1.85 bits per heavy atom. The second-order valence-corrected chi connectivity index (χ2v) is 9.43. The molecule has 0 saturated heterocycles. The number of hydrogen-bond donors (Lipinski definition) is 3. The Balaban J connectivity index is 1.42. The van der Waals surface area contributed by atoms with Gasteiger partial charge in [0.25, 0.3) is 5.91 Å². The molecule has 1 unspecified atom stereocenters. The van der Waals surface area contributed by atoms with E-state index in [2.05, 4.69) is 21.7 Å². The lowest BCUT2D eigenvalue weighted by atomic mass is 9.95. The van der Waals surface area contributed by atoms with Crippen molar-refractivity contribution in [3.63, 3.8) is 0 Å². The molecule has 0 saturated carbocycles. The number of amides is 1. The predicted octanol–water partition coefficient (Wildman–Crippen LogP) is 5.43. The summed E-state index contributed by atoms with van der Waals surface area (Å²) in [5.41, 5.74) is 5.97. The quantitative estimate of drug-likeness (QED) is 0.253. The Hall–Kier alpha value is -4.90. The minimum Gasteiger partial charge on any atom is -0.480 e. The number of hydrogen-bond acceptors (Lipinski definition) is 6. The van der Waals surface area contributed by atoms with E-state index in [4.69, 9.17) is 4.42 Å². The van der Waals surface area contributed by atoms with Crippen LogP contribution in [0.25, 0.3) is 11.1 Å². The molecule has 39 heavy (non-hydrogen) atoms. The number of nitrogens with zero attached hydrogens (tertiary/aromatic N) is 2. The van der Waals surface area contributed by atoms with Gasteiger partial charge in [0.05, 0.1) is 24.4 Å². The van der Waals surface area contributed by atoms with Crippen molar-refractivity contribution in [3.8, 4) is 17.2 Å². The molecule has 198 valence electrons. The third-order valence-corrected chi connectivity index (χ3v) is 6.50. The Kier molecular flexibility index (Phi) is 8.42. The minimum absolute atomic E-state index is 0.127. The Morgan fingerprint density at radius 1 is 1.08 bits per heavy atom. The first-order valence-electron chi connectivity index (χ1n) is 12.7. The molecule has 0 aliphatic heterocycles. The molecule has 0 radical (unpaired) electrons. The van der Waals surface area contributed by atoms with E-state index in [1.807, 2.05) is 56.3 Å². The number of nitriles is 1. The molecule has 4 rings (SSSR count). The van der Waals surface area contributed by atoms with E-state index in [1.54, 1.807) is 31.5 Å². The zero-order chi connectivity index (χ0) is 27.9. The molecule has 2 heterocycles. The zero-order valence-electron chi connectivity index (χ0n) is 22.1. The SMILES string of the molecule is CCc1cc(C#N)cc(C)c1C(=O)NC(Cc1ccc(-c2coc(CNc3cc(C)ccn3)c2)cc1)C(=O)O. The van der Waals surface area contributed by atoms with E-state index in [1.165, 1.54) is 0 Å². The number of anilines is 1. The van der Waals surface area contributed by atoms with E-state index < -0.39 is 17.9 Å². The standard InChI is InChI=1S/C31H30N4O4/c1-4-23-13-22(16-32)12-20(3)29(23)30(36)35-27(31(37)38)14-21-5-7-24(8-6-21)25-15-26(39-18-25)17-34-28-11-19(2)9-10-33-28/h5-13,15,18,27H,4,14,17H2,1-3H3,(H,33,34)(H,35,36)(H,37,38). The number of carboxylic acids is 1. The van der Waals surface area contributed by atoms with Crippen molar-refractivity contribution in [1.82, 2.24) is 10.3 Å². The maximum atomic E-state index is 13.1. The number of aryl methyl sites for hydroxylation is 3. The summed E-state index contributed by atoms with van der Waals surface area (Å²) >= 11 is 0. The summed E-state index contributed by atoms with van der Waals surface area (Å²) < 4.78 is 5.69. The Morgan fingerprint density at radius 3 is 2.51 bits per heavy atom. The highest BCUT2D eigenvalue weighted by Crippen LogP contribution is 2.24. The molecule has 3 N–H and O–H groups in total. The number of carbonyl (C=O) groups is 2. The Labute approximate surface area is 227 Å². The highest BCUT2D eigenvalue weighted by Gasteiger charge is 2.24. The highest BCUT2D eigenvalue weighted by atomic mass is 16.4. The summed E-state index contributed by atoms with van der Waals surface area (Å²) in [6, 6.07) is 17.7. The van der Waals surface area contributed by atoms with Crippen LogP contribution in [0.1, 0.15) is 50.9 Å². The van der Waals surface area contributed by atoms with Gasteiger partial charge < -0.3 is 20.2 Å². The van der Waals surface area contributed by atoms with Gasteiger partial charge in [-0.15, -0.1) is 0 Å². The molecule has 8 heteroatoms. The van der Waals surface area contributed by atoms with Crippen LogP contribution in [0.5, 0.6) is 0 Å². The number of nitrogens with one attached hydrogen (secondary N) is 2. The van der Waals surface area contributed by atoms with Gasteiger partial charge in [-0.3, -0.25) is 4.79 Å². The number of furan rings is 1. The summed E-state index contributed by atoms with van der Waals surface area (Å²) in [5.74, 6) is -0.0432. The van der Waals surface area contributed by atoms with E-state index in [0.717, 1.165) is 33.8 Å². The smallest absolute Gasteiger partial charge is 0.326 e. The number of rotatable bonds is 10. The van der Waals surface area contributed by atoms with Gasteiger partial charge in [-0.2, -0.15) is 5.26 Å². The third-order valence-electron chi connectivity index (χ3n) is 6.50. The second kappa shape index (κ2) is 12.1. The maximum Gasteiger partial charge on any atom is 0.326 e. The molecule has 2 aromatic heterocycles. The number of pyridine rings is 1. The van der Waals surface area contributed by atoms with Crippen molar-refractivity contribution >= 4 is 17.7 Å². The van der Waals surface area contributed by atoms with E-state index in [9.17, 15) is 20.0 Å². The van der Waals surface area contributed by atoms with Crippen LogP contribution in [-0.2, 0) is 24.2 Å². The fraction of sp³-hybridized carbons (Fsp3) is 0.226. The summed E-state index contributed by atoms with van der Waals surface area (Å²) in [7, 11) is 0. The van der Waals surface area contributed by atoms with Crippen molar-refractivity contribution in [3.05, 3.63) is 106 Å². The van der Waals surface area contributed by atoms with Crippen molar-refractivity contribution in [2.24, 2.45) is 0 Å². The largest absolute Gasteiger partial charge is 0.480 e. The minimum atomic E-state index is -1.12. The third kappa shape index (κ3) is 6.70. The van der Waals surface area contributed by atoms with Crippen molar-refractivity contribution in [1.29, 1.82) is 5.26 Å². The van der Waals surface area contributed by atoms with Crippen LogP contribution in [-0.4, -0.2) is 28.0 Å². The van der Waals surface area contributed by atoms with Crippen LogP contribution in [0.4, 0.5) is 5.82 Å². The van der Waals surface area contributed by atoms with Gasteiger partial charge in [-0.25, -0.2) is 9.78 Å². The van der Waals surface area contributed by atoms with Crippen molar-refractivity contribution in [2.75, 3.05) is 5.32 Å². The van der Waals surface area contributed by atoms with Crippen molar-refractivity contribution < 1.29 is 19.1 Å². The van der Waals surface area contributed by atoms with E-state index in [0.29, 0.717) is 35.2 Å². The maximum absolute atomic E-state index is 13.1. The topological polar surface area (TPSA) is 128 Å². The van der Waals surface area contributed by atoms with Crippen LogP contribution in [0.15, 0.2) is 71.5 Å². The molecule has 8 nitrogen and oxygen atoms in total. The molecule has 0 fully saturated rings. The van der Waals surface area contributed by atoms with Crippen LogP contribution in [0, 0.1) is 25.2 Å². The van der Waals surface area contributed by atoms with Gasteiger partial charge in [0.1, 0.15) is 17.6 Å². The van der Waals surface area contributed by atoms with E-state index in [-0.39, 0.29) is 6.42 Å². The monoisotopic (exact) mass is 522 g/mol. The first kappa shape index (κ1) is 27.1. The van der Waals surface area contributed by atoms with Gasteiger partial charge >= 0.3 is 5.97 Å². The fourth-order valence-electron chi connectivity index (χ4n) is 4.46. The number of carbonyl (C=O) groups excluding carboxylic acids is 1. The molecule has 0 spiro atoms. The average molecular weight is 523 g/mol. The number of carboxylic acid groups (broad SMARTS) is 1. The first-order chi connectivity index (χ1) is 18.8. The molecule has 1 atom stereocenters. The zero-order valence-corrected chi connectivity index (χ0v) is 22.1. The normalized spacial score (nSPS) is 11.4. The van der Waals surface area contributed by atoms with Crippen LogP contribution in [0.3, 0.4) is 0 Å². The molecule has 0 aliphatic carbocycles. The van der Waals surface area contributed by atoms with Gasteiger partial charge in [0.15, 0.2) is 0 Å². The Bertz CT molecular complexity index is 1530. The van der Waals surface area contributed by atoms with Gasteiger partial charge in [0, 0.05) is 23.7 Å². The van der Waals surface area contributed by atoms with Gasteiger partial charge in [0.2, 0.25) is 0 Å². The predicted molar refractivity (Wildman–Crippen MR) is 148 cm³/mol. The summed E-state index contributed by atoms with van der Waals surface area (Å²) in [5, 5.41) is 24.9. The summed E-state index contributed by atoms with van der Waals surface area (Å²) in [6.07, 6.45) is 4.11. The molecule has 0 aliphatic rings. The number of aliphatic carboxylic acids is 1.